The van der Waals surface area contributed by atoms with Crippen molar-refractivity contribution in [3.05, 3.63) is 58.1 Å². The van der Waals surface area contributed by atoms with E-state index < -0.39 is 22.9 Å². The molecule has 27 heavy (non-hydrogen) atoms. The molecule has 9 nitrogen and oxygen atoms in total. The highest BCUT2D eigenvalue weighted by Gasteiger charge is 2.22. The number of carbonyl (C=O) groups excluding carboxylic acids is 2. The Labute approximate surface area is 155 Å². The maximum atomic E-state index is 12.2. The zero-order valence-corrected chi connectivity index (χ0v) is 14.8. The van der Waals surface area contributed by atoms with Crippen molar-refractivity contribution in [3.8, 4) is 5.75 Å². The lowest BCUT2D eigenvalue weighted by molar-refractivity contribution is -0.384. The summed E-state index contributed by atoms with van der Waals surface area (Å²) in [5, 5.41) is 13.4. The van der Waals surface area contributed by atoms with Gasteiger partial charge in [-0.05, 0) is 44.2 Å². The lowest BCUT2D eigenvalue weighted by atomic mass is 10.1. The number of nitro benzene ring substituents is 1. The zero-order valence-electron chi connectivity index (χ0n) is 14.8. The minimum Gasteiger partial charge on any atom is -0.494 e. The van der Waals surface area contributed by atoms with Crippen LogP contribution in [0.2, 0.25) is 0 Å². The molecule has 1 atom stereocenters. The van der Waals surface area contributed by atoms with Crippen molar-refractivity contribution in [2.24, 2.45) is 0 Å². The van der Waals surface area contributed by atoms with Crippen LogP contribution in [0.4, 0.5) is 17.1 Å². The molecule has 0 unspecified atom stereocenters. The van der Waals surface area contributed by atoms with Gasteiger partial charge in [-0.3, -0.25) is 14.9 Å². The fraction of sp³-hybridized carbons (Fsp3) is 0.222. The standard InChI is InChI=1S/C18H19N3O6/c1-3-26-14-7-4-12(5-8-14)20-17(22)11(2)27-18(23)15-10-13(21(24)25)6-9-16(15)19/h4-11H,3,19H2,1-2H3,(H,20,22)/t11-/m0/s1. The highest BCUT2D eigenvalue weighted by molar-refractivity contribution is 5.99. The van der Waals surface area contributed by atoms with E-state index in [0.29, 0.717) is 18.0 Å². The van der Waals surface area contributed by atoms with Gasteiger partial charge in [0.15, 0.2) is 6.10 Å². The molecule has 0 fully saturated rings. The number of rotatable bonds is 7. The number of anilines is 2. The summed E-state index contributed by atoms with van der Waals surface area (Å²) in [4.78, 5) is 34.6. The number of ether oxygens (including phenoxy) is 2. The molecule has 0 aromatic heterocycles. The van der Waals surface area contributed by atoms with Gasteiger partial charge in [-0.25, -0.2) is 4.79 Å². The third kappa shape index (κ3) is 5.18. The first-order valence-corrected chi connectivity index (χ1v) is 8.10. The second-order valence-electron chi connectivity index (χ2n) is 5.52. The Morgan fingerprint density at radius 3 is 2.48 bits per heavy atom. The van der Waals surface area contributed by atoms with Gasteiger partial charge < -0.3 is 20.5 Å². The average Bonchev–Trinajstić information content (AvgIpc) is 2.63. The lowest BCUT2D eigenvalue weighted by Crippen LogP contribution is -2.30. The Bertz CT molecular complexity index is 851. The summed E-state index contributed by atoms with van der Waals surface area (Å²) in [6, 6.07) is 10.1. The number of esters is 1. The van der Waals surface area contributed by atoms with Gasteiger partial charge in [0.05, 0.1) is 17.1 Å². The van der Waals surface area contributed by atoms with Gasteiger partial charge in [0, 0.05) is 23.5 Å². The number of nitrogens with two attached hydrogens (primary N) is 1. The summed E-state index contributed by atoms with van der Waals surface area (Å²) in [5.74, 6) is -0.821. The van der Waals surface area contributed by atoms with Crippen LogP contribution >= 0.6 is 0 Å². The Hall–Kier alpha value is -3.62. The third-order valence-corrected chi connectivity index (χ3v) is 3.55. The second kappa shape index (κ2) is 8.65. The number of benzene rings is 2. The molecular formula is C18H19N3O6. The van der Waals surface area contributed by atoms with Crippen molar-refractivity contribution >= 4 is 28.9 Å². The Kier molecular flexibility index (Phi) is 6.32. The first kappa shape index (κ1) is 19.7. The maximum absolute atomic E-state index is 12.2. The van der Waals surface area contributed by atoms with Crippen molar-refractivity contribution < 1.29 is 24.0 Å². The van der Waals surface area contributed by atoms with Crippen LogP contribution in [0.3, 0.4) is 0 Å². The molecule has 0 aliphatic heterocycles. The summed E-state index contributed by atoms with van der Waals surface area (Å²) in [5.41, 5.74) is 5.71. The average molecular weight is 373 g/mol. The van der Waals surface area contributed by atoms with E-state index in [0.717, 1.165) is 6.07 Å². The van der Waals surface area contributed by atoms with Gasteiger partial charge in [-0.15, -0.1) is 0 Å². The van der Waals surface area contributed by atoms with Crippen molar-refractivity contribution in [3.63, 3.8) is 0 Å². The van der Waals surface area contributed by atoms with Crippen molar-refractivity contribution in [1.29, 1.82) is 0 Å². The summed E-state index contributed by atoms with van der Waals surface area (Å²) in [6.07, 6.45) is -1.14. The van der Waals surface area contributed by atoms with Crippen LogP contribution in [0.5, 0.6) is 5.75 Å². The first-order valence-electron chi connectivity index (χ1n) is 8.10. The van der Waals surface area contributed by atoms with Crippen LogP contribution in [0.1, 0.15) is 24.2 Å². The number of non-ortho nitro benzene ring substituents is 1. The molecule has 0 spiro atoms. The van der Waals surface area contributed by atoms with E-state index in [-0.39, 0.29) is 16.9 Å². The molecule has 0 bridgehead atoms. The van der Waals surface area contributed by atoms with Crippen molar-refractivity contribution in [1.82, 2.24) is 0 Å². The van der Waals surface area contributed by atoms with Gasteiger partial charge in [0.25, 0.3) is 11.6 Å². The van der Waals surface area contributed by atoms with Crippen LogP contribution in [-0.4, -0.2) is 29.5 Å². The topological polar surface area (TPSA) is 134 Å². The van der Waals surface area contributed by atoms with E-state index >= 15 is 0 Å². The molecule has 0 aliphatic rings. The van der Waals surface area contributed by atoms with E-state index in [1.165, 1.54) is 19.1 Å². The monoisotopic (exact) mass is 373 g/mol. The quantitative estimate of drug-likeness (QED) is 0.330. The number of carbonyl (C=O) groups is 2. The fourth-order valence-corrected chi connectivity index (χ4v) is 2.16. The van der Waals surface area contributed by atoms with Crippen molar-refractivity contribution in [2.75, 3.05) is 17.7 Å². The first-order chi connectivity index (χ1) is 12.8. The summed E-state index contributed by atoms with van der Waals surface area (Å²) in [6.45, 7) is 3.77. The molecule has 9 heteroatoms. The molecule has 0 radical (unpaired) electrons. The van der Waals surface area contributed by atoms with Gasteiger partial charge in [0.2, 0.25) is 0 Å². The lowest BCUT2D eigenvalue weighted by Gasteiger charge is -2.14. The predicted molar refractivity (Wildman–Crippen MR) is 98.6 cm³/mol. The molecule has 0 heterocycles. The Balaban J connectivity index is 2.02. The molecule has 1 amide bonds. The Morgan fingerprint density at radius 1 is 1.22 bits per heavy atom. The number of amides is 1. The number of nitro groups is 1. The van der Waals surface area contributed by atoms with E-state index in [4.69, 9.17) is 15.2 Å². The Morgan fingerprint density at radius 2 is 1.89 bits per heavy atom. The van der Waals surface area contributed by atoms with Gasteiger partial charge in [-0.2, -0.15) is 0 Å². The van der Waals surface area contributed by atoms with Gasteiger partial charge in [0.1, 0.15) is 5.75 Å². The summed E-state index contributed by atoms with van der Waals surface area (Å²) < 4.78 is 10.4. The minimum atomic E-state index is -1.14. The fourth-order valence-electron chi connectivity index (χ4n) is 2.16. The molecule has 2 rings (SSSR count). The predicted octanol–water partition coefficient (Wildman–Crippen LogP) is 2.76. The second-order valence-corrected chi connectivity index (χ2v) is 5.52. The molecular weight excluding hydrogens is 354 g/mol. The van der Waals surface area contributed by atoms with E-state index in [2.05, 4.69) is 5.32 Å². The van der Waals surface area contributed by atoms with Crippen molar-refractivity contribution in [2.45, 2.75) is 20.0 Å². The van der Waals surface area contributed by atoms with Crippen LogP contribution in [0.25, 0.3) is 0 Å². The minimum absolute atomic E-state index is 0.0183. The maximum Gasteiger partial charge on any atom is 0.341 e. The van der Waals surface area contributed by atoms with Crippen LogP contribution in [0, 0.1) is 10.1 Å². The number of nitrogen functional groups attached to an aromatic ring is 1. The van der Waals surface area contributed by atoms with E-state index in [1.807, 2.05) is 6.92 Å². The zero-order chi connectivity index (χ0) is 20.0. The van der Waals surface area contributed by atoms with Gasteiger partial charge >= 0.3 is 5.97 Å². The molecule has 0 saturated carbocycles. The largest absolute Gasteiger partial charge is 0.494 e. The third-order valence-electron chi connectivity index (χ3n) is 3.55. The van der Waals surface area contributed by atoms with Gasteiger partial charge in [-0.1, -0.05) is 0 Å². The molecule has 2 aromatic carbocycles. The molecule has 142 valence electrons. The van der Waals surface area contributed by atoms with E-state index in [1.54, 1.807) is 24.3 Å². The smallest absolute Gasteiger partial charge is 0.341 e. The van der Waals surface area contributed by atoms with Crippen LogP contribution in [-0.2, 0) is 9.53 Å². The molecule has 0 saturated heterocycles. The number of hydrogen-bond acceptors (Lipinski definition) is 7. The van der Waals surface area contributed by atoms with Crippen LogP contribution < -0.4 is 15.8 Å². The molecule has 0 aliphatic carbocycles. The summed E-state index contributed by atoms with van der Waals surface area (Å²) >= 11 is 0. The molecule has 2 aromatic rings. The number of hydrogen-bond donors (Lipinski definition) is 2. The van der Waals surface area contributed by atoms with Crippen LogP contribution in [0.15, 0.2) is 42.5 Å². The summed E-state index contributed by atoms with van der Waals surface area (Å²) in [7, 11) is 0. The highest BCUT2D eigenvalue weighted by atomic mass is 16.6. The SMILES string of the molecule is CCOc1ccc(NC(=O)[C@H](C)OC(=O)c2cc([N+](=O)[O-])ccc2N)cc1. The normalized spacial score (nSPS) is 11.3. The number of nitrogens with zero attached hydrogens (tertiary/aromatic N) is 1. The highest BCUT2D eigenvalue weighted by Crippen LogP contribution is 2.21. The number of nitrogens with one attached hydrogen (secondary N) is 1. The molecule has 3 N–H and O–H groups in total. The van der Waals surface area contributed by atoms with E-state index in [9.17, 15) is 19.7 Å².